The fourth-order valence-electron chi connectivity index (χ4n) is 4.96. The van der Waals surface area contributed by atoms with E-state index in [2.05, 4.69) is 24.3 Å². The van der Waals surface area contributed by atoms with Crippen LogP contribution >= 0.6 is 0 Å². The minimum atomic E-state index is -0.743. The summed E-state index contributed by atoms with van der Waals surface area (Å²) in [7, 11) is 0. The molecule has 1 aliphatic heterocycles. The van der Waals surface area contributed by atoms with Crippen LogP contribution in [0.5, 0.6) is 0 Å². The first-order valence-electron chi connectivity index (χ1n) is 7.44. The number of benzene rings is 1. The van der Waals surface area contributed by atoms with Crippen LogP contribution in [0.15, 0.2) is 24.3 Å². The highest BCUT2D eigenvalue weighted by atomic mass is 16.5. The monoisotopic (exact) mass is 259 g/mol. The van der Waals surface area contributed by atoms with Crippen molar-refractivity contribution < 1.29 is 10.3 Å². The first-order valence-corrected chi connectivity index (χ1v) is 7.44. The van der Waals surface area contributed by atoms with Crippen LogP contribution < -0.4 is 0 Å². The standard InChI is InChI=1S/C16H21NO2/c18-16-8-4-3-7-15(16)9-10-17(19)14(16)11-12-5-1-2-6-13(12)15/h1-2,5-6,14,18-19H,3-4,7-11H2/t14-,15+,16-/m1/s1. The summed E-state index contributed by atoms with van der Waals surface area (Å²) in [5, 5.41) is 23.0. The van der Waals surface area contributed by atoms with E-state index in [4.69, 9.17) is 0 Å². The zero-order chi connectivity index (χ0) is 13.1. The van der Waals surface area contributed by atoms with Crippen LogP contribution in [0.3, 0.4) is 0 Å². The van der Waals surface area contributed by atoms with E-state index in [9.17, 15) is 10.3 Å². The Labute approximate surface area is 113 Å². The van der Waals surface area contributed by atoms with Crippen LogP contribution in [0.25, 0.3) is 0 Å². The van der Waals surface area contributed by atoms with Crippen molar-refractivity contribution in [2.24, 2.45) is 0 Å². The minimum absolute atomic E-state index is 0.121. The predicted octanol–water partition coefficient (Wildman–Crippen LogP) is 2.25. The van der Waals surface area contributed by atoms with Gasteiger partial charge in [-0.25, -0.2) is 0 Å². The molecule has 19 heavy (non-hydrogen) atoms. The van der Waals surface area contributed by atoms with Crippen LogP contribution in [0, 0.1) is 0 Å². The van der Waals surface area contributed by atoms with Crippen molar-refractivity contribution in [1.82, 2.24) is 5.06 Å². The zero-order valence-corrected chi connectivity index (χ0v) is 11.2. The molecule has 1 saturated heterocycles. The molecule has 1 heterocycles. The van der Waals surface area contributed by atoms with E-state index in [1.165, 1.54) is 22.6 Å². The fraction of sp³-hybridized carbons (Fsp3) is 0.625. The summed E-state index contributed by atoms with van der Waals surface area (Å²) in [5.74, 6) is 0. The summed E-state index contributed by atoms with van der Waals surface area (Å²) >= 11 is 0. The second kappa shape index (κ2) is 3.81. The van der Waals surface area contributed by atoms with Crippen LogP contribution in [0.1, 0.15) is 43.2 Å². The van der Waals surface area contributed by atoms with E-state index >= 15 is 0 Å². The lowest BCUT2D eigenvalue weighted by Gasteiger charge is -2.62. The predicted molar refractivity (Wildman–Crippen MR) is 72.1 cm³/mol. The van der Waals surface area contributed by atoms with Gasteiger partial charge in [0.25, 0.3) is 0 Å². The summed E-state index contributed by atoms with van der Waals surface area (Å²) in [4.78, 5) is 0. The average molecular weight is 259 g/mol. The van der Waals surface area contributed by atoms with Crippen molar-refractivity contribution in [3.05, 3.63) is 35.4 Å². The molecule has 3 nitrogen and oxygen atoms in total. The average Bonchev–Trinajstić information content (AvgIpc) is 2.43. The highest BCUT2D eigenvalue weighted by molar-refractivity contribution is 5.44. The molecule has 2 N–H and O–H groups in total. The van der Waals surface area contributed by atoms with Gasteiger partial charge in [-0.1, -0.05) is 37.1 Å². The molecule has 0 unspecified atom stereocenters. The molecule has 3 atom stereocenters. The van der Waals surface area contributed by atoms with Crippen LogP contribution in [0.4, 0.5) is 0 Å². The maximum absolute atomic E-state index is 11.4. The highest BCUT2D eigenvalue weighted by Crippen LogP contribution is 2.57. The number of fused-ring (bicyclic) bond motifs is 1. The molecule has 2 fully saturated rings. The van der Waals surface area contributed by atoms with E-state index in [-0.39, 0.29) is 11.5 Å². The van der Waals surface area contributed by atoms with Crippen molar-refractivity contribution in [3.63, 3.8) is 0 Å². The number of nitrogens with zero attached hydrogens (tertiary/aromatic N) is 1. The van der Waals surface area contributed by atoms with Gasteiger partial charge in [0.1, 0.15) is 0 Å². The molecule has 0 radical (unpaired) electrons. The summed E-state index contributed by atoms with van der Waals surface area (Å²) in [6.45, 7) is 0.682. The van der Waals surface area contributed by atoms with Gasteiger partial charge in [-0.2, -0.15) is 5.06 Å². The van der Waals surface area contributed by atoms with Gasteiger partial charge in [-0.3, -0.25) is 0 Å². The molecule has 2 aliphatic carbocycles. The lowest BCUT2D eigenvalue weighted by Crippen LogP contribution is -2.71. The maximum atomic E-state index is 11.4. The molecule has 1 saturated carbocycles. The molecule has 102 valence electrons. The molecule has 3 aliphatic rings. The molecular weight excluding hydrogens is 238 g/mol. The molecule has 1 aromatic carbocycles. The number of piperidine rings is 1. The topological polar surface area (TPSA) is 43.7 Å². The Hall–Kier alpha value is -0.900. The second-order valence-electron chi connectivity index (χ2n) is 6.50. The lowest BCUT2D eigenvalue weighted by atomic mass is 9.50. The molecule has 1 aromatic rings. The number of hydroxylamine groups is 2. The number of rotatable bonds is 0. The van der Waals surface area contributed by atoms with Gasteiger partial charge in [0.2, 0.25) is 0 Å². The largest absolute Gasteiger partial charge is 0.387 e. The van der Waals surface area contributed by atoms with Crippen molar-refractivity contribution >= 4 is 0 Å². The Morgan fingerprint density at radius 2 is 1.89 bits per heavy atom. The lowest BCUT2D eigenvalue weighted by molar-refractivity contribution is -0.252. The molecule has 0 spiro atoms. The van der Waals surface area contributed by atoms with Crippen LogP contribution in [-0.4, -0.2) is 33.6 Å². The Morgan fingerprint density at radius 1 is 1.11 bits per heavy atom. The number of hydrogen-bond acceptors (Lipinski definition) is 3. The van der Waals surface area contributed by atoms with Gasteiger partial charge in [-0.15, -0.1) is 0 Å². The Balaban J connectivity index is 1.96. The van der Waals surface area contributed by atoms with Gasteiger partial charge >= 0.3 is 0 Å². The first kappa shape index (κ1) is 11.9. The molecule has 4 rings (SSSR count). The van der Waals surface area contributed by atoms with Crippen LogP contribution in [0.2, 0.25) is 0 Å². The first-order chi connectivity index (χ1) is 9.17. The third kappa shape index (κ3) is 1.33. The van der Waals surface area contributed by atoms with Crippen molar-refractivity contribution in [2.75, 3.05) is 6.54 Å². The second-order valence-corrected chi connectivity index (χ2v) is 6.50. The molecular formula is C16H21NO2. The summed E-state index contributed by atoms with van der Waals surface area (Å²) < 4.78 is 0. The SMILES string of the molecule is ON1CC[C@]23CCCC[C@@]2(O)[C@H]1Cc1ccccc13. The van der Waals surface area contributed by atoms with Gasteiger partial charge in [0.15, 0.2) is 0 Å². The van der Waals surface area contributed by atoms with Gasteiger partial charge in [0.05, 0.1) is 11.6 Å². The van der Waals surface area contributed by atoms with E-state index in [0.717, 1.165) is 32.1 Å². The van der Waals surface area contributed by atoms with Crippen molar-refractivity contribution in [3.8, 4) is 0 Å². The van der Waals surface area contributed by atoms with E-state index in [1.54, 1.807) is 0 Å². The molecule has 0 amide bonds. The van der Waals surface area contributed by atoms with E-state index in [0.29, 0.717) is 6.54 Å². The van der Waals surface area contributed by atoms with Crippen LogP contribution in [-0.2, 0) is 11.8 Å². The van der Waals surface area contributed by atoms with Gasteiger partial charge in [0, 0.05) is 12.0 Å². The Kier molecular flexibility index (Phi) is 2.39. The number of aliphatic hydroxyl groups is 1. The quantitative estimate of drug-likeness (QED) is 0.751. The molecule has 2 bridgehead atoms. The third-order valence-corrected chi connectivity index (χ3v) is 5.87. The molecule has 0 aromatic heterocycles. The van der Waals surface area contributed by atoms with Crippen molar-refractivity contribution in [1.29, 1.82) is 0 Å². The maximum Gasteiger partial charge on any atom is 0.0925 e. The van der Waals surface area contributed by atoms with Crippen molar-refractivity contribution in [2.45, 2.75) is 55.6 Å². The normalized spacial score (nSPS) is 41.5. The van der Waals surface area contributed by atoms with E-state index < -0.39 is 5.60 Å². The Bertz CT molecular complexity index is 517. The zero-order valence-electron chi connectivity index (χ0n) is 11.2. The van der Waals surface area contributed by atoms with Gasteiger partial charge < -0.3 is 10.3 Å². The van der Waals surface area contributed by atoms with E-state index in [1.807, 2.05) is 0 Å². The summed E-state index contributed by atoms with van der Waals surface area (Å²) in [6, 6.07) is 8.40. The summed E-state index contributed by atoms with van der Waals surface area (Å²) in [6.07, 6.45) is 5.78. The minimum Gasteiger partial charge on any atom is -0.387 e. The summed E-state index contributed by atoms with van der Waals surface area (Å²) in [5.41, 5.74) is 1.80. The third-order valence-electron chi connectivity index (χ3n) is 5.87. The molecule has 3 heteroatoms. The highest BCUT2D eigenvalue weighted by Gasteiger charge is 2.63. The Morgan fingerprint density at radius 3 is 2.79 bits per heavy atom. The number of hydrogen-bond donors (Lipinski definition) is 2. The van der Waals surface area contributed by atoms with Gasteiger partial charge in [-0.05, 0) is 36.8 Å². The fourth-order valence-corrected chi connectivity index (χ4v) is 4.96. The smallest absolute Gasteiger partial charge is 0.0925 e.